The maximum atomic E-state index is 12.1. The van der Waals surface area contributed by atoms with Gasteiger partial charge in [-0.05, 0) is 13.3 Å². The van der Waals surface area contributed by atoms with Gasteiger partial charge in [-0.25, -0.2) is 4.79 Å². The molecule has 18 heavy (non-hydrogen) atoms. The van der Waals surface area contributed by atoms with Gasteiger partial charge in [0, 0.05) is 12.6 Å². The summed E-state index contributed by atoms with van der Waals surface area (Å²) in [7, 11) is 0. The number of hydrogen-bond donors (Lipinski definition) is 3. The predicted octanol–water partition coefficient (Wildman–Crippen LogP) is -1.22. The zero-order valence-corrected chi connectivity index (χ0v) is 10.5. The normalized spacial score (nSPS) is 30.3. The molecule has 0 saturated carbocycles. The number of nitrogens with zero attached hydrogens (tertiary/aromatic N) is 1. The van der Waals surface area contributed by atoms with Crippen LogP contribution in [0.25, 0.3) is 0 Å². The van der Waals surface area contributed by atoms with Crippen LogP contribution in [-0.2, 0) is 9.59 Å². The van der Waals surface area contributed by atoms with Gasteiger partial charge >= 0.3 is 6.03 Å². The van der Waals surface area contributed by atoms with E-state index in [9.17, 15) is 14.4 Å². The summed E-state index contributed by atoms with van der Waals surface area (Å²) >= 11 is 0. The molecule has 2 heterocycles. The molecule has 0 radical (unpaired) electrons. The molecule has 3 unspecified atom stereocenters. The van der Waals surface area contributed by atoms with Crippen LogP contribution in [-0.4, -0.2) is 47.4 Å². The molecule has 0 aromatic carbocycles. The molecule has 0 aromatic rings. The Morgan fingerprint density at radius 3 is 2.61 bits per heavy atom. The first-order valence-corrected chi connectivity index (χ1v) is 6.04. The van der Waals surface area contributed by atoms with Crippen molar-refractivity contribution in [1.29, 1.82) is 0 Å². The average Bonchev–Trinajstić information content (AvgIpc) is 2.82. The molecule has 2 fully saturated rings. The number of rotatable bonds is 2. The lowest BCUT2D eigenvalue weighted by Gasteiger charge is -2.25. The molecule has 3 atom stereocenters. The van der Waals surface area contributed by atoms with Crippen LogP contribution in [0.2, 0.25) is 0 Å². The van der Waals surface area contributed by atoms with Gasteiger partial charge in [-0.3, -0.25) is 14.9 Å². The van der Waals surface area contributed by atoms with Crippen LogP contribution in [0.15, 0.2) is 0 Å². The van der Waals surface area contributed by atoms with E-state index in [1.165, 1.54) is 0 Å². The molecule has 2 saturated heterocycles. The lowest BCUT2D eigenvalue weighted by molar-refractivity contribution is -0.134. The van der Waals surface area contributed by atoms with E-state index in [1.54, 1.807) is 18.7 Å². The second-order valence-electron chi connectivity index (χ2n) is 5.15. The van der Waals surface area contributed by atoms with Crippen LogP contribution in [0, 0.1) is 5.92 Å². The molecule has 0 aliphatic carbocycles. The Bertz CT molecular complexity index is 409. The minimum Gasteiger partial charge on any atom is -0.339 e. The highest BCUT2D eigenvalue weighted by Gasteiger charge is 2.51. The lowest BCUT2D eigenvalue weighted by atomic mass is 9.99. The summed E-state index contributed by atoms with van der Waals surface area (Å²) < 4.78 is 0. The summed E-state index contributed by atoms with van der Waals surface area (Å²) in [5.41, 5.74) is 4.76. The van der Waals surface area contributed by atoms with Gasteiger partial charge in [0.15, 0.2) is 0 Å². The molecule has 7 nitrogen and oxygen atoms in total. The number of imide groups is 1. The highest BCUT2D eigenvalue weighted by Crippen LogP contribution is 2.26. The zero-order valence-electron chi connectivity index (χ0n) is 10.5. The van der Waals surface area contributed by atoms with Gasteiger partial charge in [-0.2, -0.15) is 0 Å². The van der Waals surface area contributed by atoms with Crippen molar-refractivity contribution >= 4 is 17.8 Å². The number of likely N-dealkylation sites (tertiary alicyclic amines) is 1. The van der Waals surface area contributed by atoms with Crippen LogP contribution >= 0.6 is 0 Å². The zero-order chi connectivity index (χ0) is 13.5. The molecular weight excluding hydrogens is 236 g/mol. The Morgan fingerprint density at radius 2 is 2.11 bits per heavy atom. The minimum absolute atomic E-state index is 0.0733. The molecule has 1 spiro atoms. The van der Waals surface area contributed by atoms with Crippen molar-refractivity contribution in [2.45, 2.75) is 31.8 Å². The van der Waals surface area contributed by atoms with Crippen molar-refractivity contribution in [3.8, 4) is 0 Å². The largest absolute Gasteiger partial charge is 0.339 e. The number of hydrogen-bond acceptors (Lipinski definition) is 4. The Balaban J connectivity index is 2.07. The highest BCUT2D eigenvalue weighted by molar-refractivity contribution is 6.07. The summed E-state index contributed by atoms with van der Waals surface area (Å²) in [6.07, 6.45) is 0.446. The monoisotopic (exact) mass is 254 g/mol. The van der Waals surface area contributed by atoms with E-state index in [1.807, 2.05) is 0 Å². The molecule has 0 aromatic heterocycles. The fraction of sp³-hybridized carbons (Fsp3) is 0.727. The van der Waals surface area contributed by atoms with Gasteiger partial charge in [0.25, 0.3) is 5.91 Å². The van der Waals surface area contributed by atoms with Crippen molar-refractivity contribution in [1.82, 2.24) is 15.5 Å². The van der Waals surface area contributed by atoms with Crippen LogP contribution < -0.4 is 16.4 Å². The highest BCUT2D eigenvalue weighted by atomic mass is 16.2. The number of carbonyl (C=O) groups excluding carboxylic acids is 3. The maximum absolute atomic E-state index is 12.1. The van der Waals surface area contributed by atoms with Gasteiger partial charge in [0.2, 0.25) is 5.91 Å². The third-order valence-electron chi connectivity index (χ3n) is 3.77. The van der Waals surface area contributed by atoms with Crippen molar-refractivity contribution in [2.24, 2.45) is 11.7 Å². The third-order valence-corrected chi connectivity index (χ3v) is 3.77. The smallest absolute Gasteiger partial charge is 0.322 e. The molecule has 2 aliphatic rings. The number of urea groups is 1. The van der Waals surface area contributed by atoms with Crippen LogP contribution in [0.5, 0.6) is 0 Å². The first-order chi connectivity index (χ1) is 8.35. The molecular formula is C11H18N4O3. The summed E-state index contributed by atoms with van der Waals surface area (Å²) in [6, 6.07) is -0.726. The van der Waals surface area contributed by atoms with Crippen LogP contribution in [0.4, 0.5) is 4.79 Å². The molecule has 4 N–H and O–H groups in total. The van der Waals surface area contributed by atoms with Gasteiger partial charge in [-0.1, -0.05) is 6.92 Å². The van der Waals surface area contributed by atoms with Crippen molar-refractivity contribution in [3.05, 3.63) is 0 Å². The molecule has 2 aliphatic heterocycles. The van der Waals surface area contributed by atoms with E-state index in [-0.39, 0.29) is 30.3 Å². The summed E-state index contributed by atoms with van der Waals surface area (Å²) in [5.74, 6) is -0.715. The molecule has 2 rings (SSSR count). The van der Waals surface area contributed by atoms with E-state index in [0.29, 0.717) is 13.0 Å². The van der Waals surface area contributed by atoms with E-state index >= 15 is 0 Å². The molecule has 100 valence electrons. The van der Waals surface area contributed by atoms with Crippen molar-refractivity contribution in [3.63, 3.8) is 0 Å². The Hall–Kier alpha value is -1.63. The van der Waals surface area contributed by atoms with Crippen LogP contribution in [0.1, 0.15) is 20.3 Å². The number of nitrogens with one attached hydrogen (secondary N) is 2. The second-order valence-corrected chi connectivity index (χ2v) is 5.15. The number of carbonyl (C=O) groups is 3. The van der Waals surface area contributed by atoms with Gasteiger partial charge < -0.3 is 16.0 Å². The summed E-state index contributed by atoms with van der Waals surface area (Å²) in [5, 5.41) is 4.82. The SMILES string of the molecule is CC(N)C(C)C(=O)N1CCC2(C1)NC(=O)NC2=O. The van der Waals surface area contributed by atoms with Gasteiger partial charge in [-0.15, -0.1) is 0 Å². The van der Waals surface area contributed by atoms with E-state index in [0.717, 1.165) is 0 Å². The lowest BCUT2D eigenvalue weighted by Crippen LogP contribution is -2.50. The Kier molecular flexibility index (Phi) is 3.02. The summed E-state index contributed by atoms with van der Waals surface area (Å²) in [4.78, 5) is 36.6. The minimum atomic E-state index is -0.940. The molecule has 4 amide bonds. The van der Waals surface area contributed by atoms with Crippen LogP contribution in [0.3, 0.4) is 0 Å². The predicted molar refractivity (Wildman–Crippen MR) is 63.4 cm³/mol. The number of nitrogens with two attached hydrogens (primary N) is 1. The topological polar surface area (TPSA) is 105 Å². The van der Waals surface area contributed by atoms with Crippen molar-refractivity contribution < 1.29 is 14.4 Å². The van der Waals surface area contributed by atoms with E-state index in [4.69, 9.17) is 5.73 Å². The average molecular weight is 254 g/mol. The Morgan fingerprint density at radius 1 is 1.44 bits per heavy atom. The van der Waals surface area contributed by atoms with Gasteiger partial charge in [0.1, 0.15) is 5.54 Å². The van der Waals surface area contributed by atoms with E-state index in [2.05, 4.69) is 10.6 Å². The first kappa shape index (κ1) is 12.8. The Labute approximate surface area is 105 Å². The standard InChI is InChI=1S/C11H18N4O3/c1-6(7(2)12)8(16)15-4-3-11(5-15)9(17)13-10(18)14-11/h6-7H,3-5,12H2,1-2H3,(H2,13,14,17,18). The summed E-state index contributed by atoms with van der Waals surface area (Å²) in [6.45, 7) is 4.23. The fourth-order valence-electron chi connectivity index (χ4n) is 2.33. The van der Waals surface area contributed by atoms with Gasteiger partial charge in [0.05, 0.1) is 12.5 Å². The molecule has 0 bridgehead atoms. The van der Waals surface area contributed by atoms with E-state index < -0.39 is 11.6 Å². The molecule has 7 heteroatoms. The first-order valence-electron chi connectivity index (χ1n) is 6.04. The number of amides is 4. The maximum Gasteiger partial charge on any atom is 0.322 e. The second kappa shape index (κ2) is 4.24. The fourth-order valence-corrected chi connectivity index (χ4v) is 2.33. The van der Waals surface area contributed by atoms with Crippen molar-refractivity contribution in [2.75, 3.05) is 13.1 Å². The third kappa shape index (κ3) is 1.94. The quantitative estimate of drug-likeness (QED) is 0.537.